The average Bonchev–Trinajstić information content (AvgIpc) is 2.85. The zero-order valence-electron chi connectivity index (χ0n) is 10.8. The van der Waals surface area contributed by atoms with Crippen LogP contribution in [0.15, 0.2) is 0 Å². The van der Waals surface area contributed by atoms with Gasteiger partial charge in [-0.25, -0.2) is 4.79 Å². The second kappa shape index (κ2) is 6.72. The fraction of sp³-hybridized carbons (Fsp3) is 0.833. The van der Waals surface area contributed by atoms with Gasteiger partial charge in [0.2, 0.25) is 0 Å². The number of hydrogen-bond donors (Lipinski definition) is 2. The maximum atomic E-state index is 11.9. The van der Waals surface area contributed by atoms with Crippen molar-refractivity contribution in [1.82, 2.24) is 10.2 Å². The van der Waals surface area contributed by atoms with Gasteiger partial charge in [0.1, 0.15) is 0 Å². The first kappa shape index (κ1) is 14.1. The molecule has 0 spiro atoms. The van der Waals surface area contributed by atoms with E-state index >= 15 is 0 Å². The van der Waals surface area contributed by atoms with Gasteiger partial charge in [0.15, 0.2) is 0 Å². The molecule has 0 radical (unpaired) electrons. The highest BCUT2D eigenvalue weighted by Crippen LogP contribution is 2.19. The van der Waals surface area contributed by atoms with Crippen molar-refractivity contribution in [2.24, 2.45) is 5.92 Å². The maximum Gasteiger partial charge on any atom is 0.317 e. The second-order valence-electron chi connectivity index (χ2n) is 4.95. The van der Waals surface area contributed by atoms with Gasteiger partial charge in [-0.3, -0.25) is 4.79 Å². The van der Waals surface area contributed by atoms with E-state index in [0.29, 0.717) is 39.5 Å². The number of ether oxygens (including phenoxy) is 2. The summed E-state index contributed by atoms with van der Waals surface area (Å²) >= 11 is 0. The molecule has 0 aromatic carbocycles. The molecule has 19 heavy (non-hydrogen) atoms. The van der Waals surface area contributed by atoms with Crippen LogP contribution in [0.2, 0.25) is 0 Å². The molecule has 7 heteroatoms. The van der Waals surface area contributed by atoms with E-state index in [1.807, 2.05) is 0 Å². The summed E-state index contributed by atoms with van der Waals surface area (Å²) in [5, 5.41) is 11.5. The molecule has 0 aliphatic carbocycles. The number of nitrogens with one attached hydrogen (secondary N) is 1. The summed E-state index contributed by atoms with van der Waals surface area (Å²) in [5.74, 6) is -0.738. The van der Waals surface area contributed by atoms with Gasteiger partial charge >= 0.3 is 12.0 Å². The van der Waals surface area contributed by atoms with Crippen LogP contribution < -0.4 is 5.32 Å². The number of nitrogens with zero attached hydrogens (tertiary/aromatic N) is 1. The highest BCUT2D eigenvalue weighted by molar-refractivity contribution is 5.74. The molecule has 0 aromatic heterocycles. The Labute approximate surface area is 111 Å². The normalized spacial score (nSPS) is 27.3. The molecule has 2 amide bonds. The summed E-state index contributed by atoms with van der Waals surface area (Å²) in [5.41, 5.74) is 0. The molecule has 2 atom stereocenters. The quantitative estimate of drug-likeness (QED) is 0.746. The van der Waals surface area contributed by atoms with Crippen molar-refractivity contribution < 1.29 is 24.2 Å². The number of likely N-dealkylation sites (tertiary alicyclic amines) is 1. The van der Waals surface area contributed by atoms with E-state index in [0.717, 1.165) is 6.42 Å². The zero-order chi connectivity index (χ0) is 13.7. The van der Waals surface area contributed by atoms with Crippen molar-refractivity contribution in [3.05, 3.63) is 0 Å². The van der Waals surface area contributed by atoms with E-state index in [1.54, 1.807) is 4.90 Å². The van der Waals surface area contributed by atoms with Crippen LogP contribution in [0.1, 0.15) is 12.8 Å². The number of carboxylic acids is 1. The van der Waals surface area contributed by atoms with Crippen LogP contribution in [-0.4, -0.2) is 67.6 Å². The Morgan fingerprint density at radius 1 is 1.37 bits per heavy atom. The Balaban J connectivity index is 1.67. The lowest BCUT2D eigenvalue weighted by molar-refractivity contribution is -0.138. The Morgan fingerprint density at radius 3 is 2.89 bits per heavy atom. The van der Waals surface area contributed by atoms with Gasteiger partial charge in [0, 0.05) is 26.1 Å². The third kappa shape index (κ3) is 4.36. The van der Waals surface area contributed by atoms with Crippen LogP contribution in [-0.2, 0) is 14.3 Å². The summed E-state index contributed by atoms with van der Waals surface area (Å²) in [6.07, 6.45) is 0.793. The molecule has 108 valence electrons. The van der Waals surface area contributed by atoms with E-state index in [-0.39, 0.29) is 24.5 Å². The lowest BCUT2D eigenvalue weighted by atomic mass is 10.1. The SMILES string of the molecule is O=C(O)CC1CCN(C(=O)NCC2COCCO2)C1. The van der Waals surface area contributed by atoms with Gasteiger partial charge in [-0.15, -0.1) is 0 Å². The summed E-state index contributed by atoms with van der Waals surface area (Å²) < 4.78 is 10.7. The van der Waals surface area contributed by atoms with Crippen LogP contribution in [0.5, 0.6) is 0 Å². The fourth-order valence-electron chi connectivity index (χ4n) is 2.40. The summed E-state index contributed by atoms with van der Waals surface area (Å²) in [6.45, 7) is 3.23. The molecule has 0 bridgehead atoms. The monoisotopic (exact) mass is 272 g/mol. The lowest BCUT2D eigenvalue weighted by Crippen LogP contribution is -2.45. The van der Waals surface area contributed by atoms with Crippen molar-refractivity contribution in [3.63, 3.8) is 0 Å². The first-order valence-electron chi connectivity index (χ1n) is 6.59. The molecule has 2 fully saturated rings. The number of amides is 2. The first-order chi connectivity index (χ1) is 9.15. The molecule has 2 unspecified atom stereocenters. The van der Waals surface area contributed by atoms with E-state index in [2.05, 4.69) is 5.32 Å². The largest absolute Gasteiger partial charge is 0.481 e. The summed E-state index contributed by atoms with van der Waals surface area (Å²) in [4.78, 5) is 24.2. The standard InChI is InChI=1S/C12H20N2O5/c15-11(16)5-9-1-2-14(7-9)12(17)13-6-10-8-18-3-4-19-10/h9-10H,1-8H2,(H,13,17)(H,15,16). The minimum absolute atomic E-state index is 0.0671. The summed E-state index contributed by atoms with van der Waals surface area (Å²) in [6, 6.07) is -0.151. The number of urea groups is 1. The smallest absolute Gasteiger partial charge is 0.317 e. The average molecular weight is 272 g/mol. The highest BCUT2D eigenvalue weighted by atomic mass is 16.6. The third-order valence-corrected chi connectivity index (χ3v) is 3.40. The molecule has 0 saturated carbocycles. The van der Waals surface area contributed by atoms with Crippen molar-refractivity contribution in [2.75, 3.05) is 39.5 Å². The van der Waals surface area contributed by atoms with E-state index in [9.17, 15) is 9.59 Å². The van der Waals surface area contributed by atoms with Crippen LogP contribution in [0, 0.1) is 5.92 Å². The Hall–Kier alpha value is -1.34. The van der Waals surface area contributed by atoms with Gasteiger partial charge in [0.25, 0.3) is 0 Å². The number of aliphatic carboxylic acids is 1. The third-order valence-electron chi connectivity index (χ3n) is 3.40. The number of carbonyl (C=O) groups excluding carboxylic acids is 1. The predicted octanol–water partition coefficient (Wildman–Crippen LogP) is -0.0920. The lowest BCUT2D eigenvalue weighted by Gasteiger charge is -2.24. The Bertz CT molecular complexity index is 330. The fourth-order valence-corrected chi connectivity index (χ4v) is 2.40. The molecular weight excluding hydrogens is 252 g/mol. The van der Waals surface area contributed by atoms with E-state index < -0.39 is 5.97 Å². The van der Waals surface area contributed by atoms with Crippen molar-refractivity contribution in [2.45, 2.75) is 18.9 Å². The number of carbonyl (C=O) groups is 2. The number of hydrogen-bond acceptors (Lipinski definition) is 4. The van der Waals surface area contributed by atoms with Crippen LogP contribution in [0.4, 0.5) is 4.79 Å². The van der Waals surface area contributed by atoms with Gasteiger partial charge < -0.3 is 24.8 Å². The topological polar surface area (TPSA) is 88.1 Å². The second-order valence-corrected chi connectivity index (χ2v) is 4.95. The van der Waals surface area contributed by atoms with Crippen molar-refractivity contribution in [3.8, 4) is 0 Å². The molecule has 2 aliphatic heterocycles. The Kier molecular flexibility index (Phi) is 4.98. The minimum Gasteiger partial charge on any atom is -0.481 e. The molecule has 0 aromatic rings. The van der Waals surface area contributed by atoms with Gasteiger partial charge in [-0.2, -0.15) is 0 Å². The molecule has 2 aliphatic rings. The molecule has 2 heterocycles. The van der Waals surface area contributed by atoms with Crippen LogP contribution in [0.3, 0.4) is 0 Å². The van der Waals surface area contributed by atoms with E-state index in [4.69, 9.17) is 14.6 Å². The van der Waals surface area contributed by atoms with Crippen LogP contribution >= 0.6 is 0 Å². The first-order valence-corrected chi connectivity index (χ1v) is 6.59. The van der Waals surface area contributed by atoms with Gasteiger partial charge in [0.05, 0.1) is 25.9 Å². The molecule has 2 rings (SSSR count). The highest BCUT2D eigenvalue weighted by Gasteiger charge is 2.28. The van der Waals surface area contributed by atoms with E-state index in [1.165, 1.54) is 0 Å². The minimum atomic E-state index is -0.806. The Morgan fingerprint density at radius 2 is 2.21 bits per heavy atom. The van der Waals surface area contributed by atoms with Crippen molar-refractivity contribution >= 4 is 12.0 Å². The van der Waals surface area contributed by atoms with Gasteiger partial charge in [-0.1, -0.05) is 0 Å². The zero-order valence-corrected chi connectivity index (χ0v) is 10.8. The van der Waals surface area contributed by atoms with Crippen LogP contribution in [0.25, 0.3) is 0 Å². The maximum absolute atomic E-state index is 11.9. The number of carboxylic acid groups (broad SMARTS) is 1. The summed E-state index contributed by atoms with van der Waals surface area (Å²) in [7, 11) is 0. The van der Waals surface area contributed by atoms with Gasteiger partial charge in [-0.05, 0) is 12.3 Å². The molecule has 2 N–H and O–H groups in total. The predicted molar refractivity (Wildman–Crippen MR) is 65.9 cm³/mol. The molecule has 2 saturated heterocycles. The number of rotatable bonds is 4. The molecule has 7 nitrogen and oxygen atoms in total. The molecular formula is C12H20N2O5. The van der Waals surface area contributed by atoms with Crippen molar-refractivity contribution in [1.29, 1.82) is 0 Å².